The van der Waals surface area contributed by atoms with Gasteiger partial charge in [0.1, 0.15) is 5.60 Å². The predicted molar refractivity (Wildman–Crippen MR) is 68.7 cm³/mol. The van der Waals surface area contributed by atoms with Gasteiger partial charge in [0.15, 0.2) is 0 Å². The molecule has 0 saturated carbocycles. The van der Waals surface area contributed by atoms with E-state index in [4.69, 9.17) is 10.5 Å². The minimum Gasteiger partial charge on any atom is -0.459 e. The number of carbonyl (C=O) groups is 1. The van der Waals surface area contributed by atoms with Crippen LogP contribution in [-0.4, -0.2) is 42.6 Å². The van der Waals surface area contributed by atoms with Crippen LogP contribution < -0.4 is 5.73 Å². The average molecular weight is 242 g/mol. The molecule has 1 heterocycles. The molecule has 4 heteroatoms. The first-order valence-corrected chi connectivity index (χ1v) is 6.38. The van der Waals surface area contributed by atoms with Crippen molar-refractivity contribution in [1.29, 1.82) is 0 Å². The van der Waals surface area contributed by atoms with Crippen LogP contribution in [0.4, 0.5) is 0 Å². The zero-order valence-electron chi connectivity index (χ0n) is 11.6. The molecular formula is C13H26N2O2. The summed E-state index contributed by atoms with van der Waals surface area (Å²) in [5.41, 5.74) is 5.62. The Hall–Kier alpha value is -0.610. The van der Waals surface area contributed by atoms with Gasteiger partial charge in [-0.15, -0.1) is 0 Å². The van der Waals surface area contributed by atoms with Crippen LogP contribution in [0, 0.1) is 5.41 Å². The summed E-state index contributed by atoms with van der Waals surface area (Å²) in [5, 5.41) is 0. The second-order valence-electron chi connectivity index (χ2n) is 6.38. The first-order valence-electron chi connectivity index (χ1n) is 6.38. The first kappa shape index (κ1) is 14.5. The van der Waals surface area contributed by atoms with Gasteiger partial charge < -0.3 is 10.5 Å². The molecule has 1 saturated heterocycles. The van der Waals surface area contributed by atoms with Gasteiger partial charge in [-0.3, -0.25) is 9.69 Å². The Morgan fingerprint density at radius 1 is 1.35 bits per heavy atom. The maximum absolute atomic E-state index is 11.7. The highest BCUT2D eigenvalue weighted by atomic mass is 16.6. The number of nitrogens with zero attached hydrogens (tertiary/aromatic N) is 1. The van der Waals surface area contributed by atoms with Crippen LogP contribution in [0.1, 0.15) is 40.5 Å². The third-order valence-electron chi connectivity index (χ3n) is 3.33. The van der Waals surface area contributed by atoms with Crippen molar-refractivity contribution in [2.75, 3.05) is 26.2 Å². The summed E-state index contributed by atoms with van der Waals surface area (Å²) in [5.74, 6) is -0.131. The Balaban J connectivity index is 2.34. The SMILES string of the molecule is CC1(CN)CCN(CC(=O)OC(C)(C)C)CC1. The number of hydrogen-bond acceptors (Lipinski definition) is 4. The van der Waals surface area contributed by atoms with E-state index < -0.39 is 5.60 Å². The van der Waals surface area contributed by atoms with E-state index in [9.17, 15) is 4.79 Å². The summed E-state index contributed by atoms with van der Waals surface area (Å²) < 4.78 is 5.31. The monoisotopic (exact) mass is 242 g/mol. The minimum absolute atomic E-state index is 0.131. The second-order valence-corrected chi connectivity index (χ2v) is 6.38. The fraction of sp³-hybridized carbons (Fsp3) is 0.923. The molecule has 0 aromatic heterocycles. The number of hydrogen-bond donors (Lipinski definition) is 1. The zero-order chi connectivity index (χ0) is 13.1. The lowest BCUT2D eigenvalue weighted by molar-refractivity contribution is -0.156. The molecule has 100 valence electrons. The molecule has 0 aromatic carbocycles. The number of carbonyl (C=O) groups excluding carboxylic acids is 1. The van der Waals surface area contributed by atoms with Crippen LogP contribution in [0.5, 0.6) is 0 Å². The summed E-state index contributed by atoms with van der Waals surface area (Å²) in [4.78, 5) is 13.8. The van der Waals surface area contributed by atoms with Crippen molar-refractivity contribution in [1.82, 2.24) is 4.90 Å². The zero-order valence-corrected chi connectivity index (χ0v) is 11.6. The quantitative estimate of drug-likeness (QED) is 0.760. The van der Waals surface area contributed by atoms with Crippen molar-refractivity contribution in [2.24, 2.45) is 11.1 Å². The third kappa shape index (κ3) is 5.04. The Kier molecular flexibility index (Phi) is 4.55. The van der Waals surface area contributed by atoms with Crippen molar-refractivity contribution in [3.05, 3.63) is 0 Å². The molecule has 1 aliphatic heterocycles. The van der Waals surface area contributed by atoms with Gasteiger partial charge in [-0.2, -0.15) is 0 Å². The Bertz CT molecular complexity index is 263. The standard InChI is InChI=1S/C13H26N2O2/c1-12(2,3)17-11(16)9-15-7-5-13(4,10-14)6-8-15/h5-10,14H2,1-4H3. The molecule has 0 radical (unpaired) electrons. The molecular weight excluding hydrogens is 216 g/mol. The molecule has 2 N–H and O–H groups in total. The molecule has 0 unspecified atom stereocenters. The van der Waals surface area contributed by atoms with Crippen LogP contribution >= 0.6 is 0 Å². The number of piperidine rings is 1. The summed E-state index contributed by atoms with van der Waals surface area (Å²) in [6.45, 7) is 10.9. The summed E-state index contributed by atoms with van der Waals surface area (Å²) in [6.07, 6.45) is 2.12. The Morgan fingerprint density at radius 3 is 2.29 bits per heavy atom. The van der Waals surface area contributed by atoms with Crippen LogP contribution in [0.15, 0.2) is 0 Å². The summed E-state index contributed by atoms with van der Waals surface area (Å²) >= 11 is 0. The number of nitrogens with two attached hydrogens (primary N) is 1. The van der Waals surface area contributed by atoms with Gasteiger partial charge in [-0.1, -0.05) is 6.92 Å². The highest BCUT2D eigenvalue weighted by molar-refractivity contribution is 5.72. The Labute approximate surface area is 104 Å². The van der Waals surface area contributed by atoms with Gasteiger partial charge >= 0.3 is 5.97 Å². The molecule has 0 amide bonds. The van der Waals surface area contributed by atoms with Gasteiger partial charge in [-0.05, 0) is 58.7 Å². The minimum atomic E-state index is -0.390. The van der Waals surface area contributed by atoms with Gasteiger partial charge in [-0.25, -0.2) is 0 Å². The van der Waals surface area contributed by atoms with Crippen molar-refractivity contribution in [2.45, 2.75) is 46.1 Å². The number of rotatable bonds is 3. The van der Waals surface area contributed by atoms with E-state index in [1.807, 2.05) is 20.8 Å². The maximum atomic E-state index is 11.7. The molecule has 1 fully saturated rings. The van der Waals surface area contributed by atoms with E-state index in [0.29, 0.717) is 6.54 Å². The largest absolute Gasteiger partial charge is 0.459 e. The smallest absolute Gasteiger partial charge is 0.320 e. The highest BCUT2D eigenvalue weighted by Gasteiger charge is 2.30. The normalized spacial score (nSPS) is 21.2. The molecule has 0 atom stereocenters. The van der Waals surface area contributed by atoms with Crippen LogP contribution in [-0.2, 0) is 9.53 Å². The molecule has 17 heavy (non-hydrogen) atoms. The first-order chi connectivity index (χ1) is 7.74. The van der Waals surface area contributed by atoms with Crippen molar-refractivity contribution in [3.63, 3.8) is 0 Å². The lowest BCUT2D eigenvalue weighted by Crippen LogP contribution is -2.44. The molecule has 4 nitrogen and oxygen atoms in total. The van der Waals surface area contributed by atoms with Crippen LogP contribution in [0.25, 0.3) is 0 Å². The molecule has 0 aliphatic carbocycles. The van der Waals surface area contributed by atoms with Gasteiger partial charge in [0.25, 0.3) is 0 Å². The van der Waals surface area contributed by atoms with Crippen molar-refractivity contribution >= 4 is 5.97 Å². The van der Waals surface area contributed by atoms with E-state index in [1.54, 1.807) is 0 Å². The molecule has 0 bridgehead atoms. The van der Waals surface area contributed by atoms with E-state index in [0.717, 1.165) is 32.5 Å². The lowest BCUT2D eigenvalue weighted by Gasteiger charge is -2.38. The van der Waals surface area contributed by atoms with Crippen molar-refractivity contribution in [3.8, 4) is 0 Å². The highest BCUT2D eigenvalue weighted by Crippen LogP contribution is 2.29. The van der Waals surface area contributed by atoms with Gasteiger partial charge in [0.05, 0.1) is 6.54 Å². The van der Waals surface area contributed by atoms with Gasteiger partial charge in [0.2, 0.25) is 0 Å². The van der Waals surface area contributed by atoms with Crippen LogP contribution in [0.3, 0.4) is 0 Å². The Morgan fingerprint density at radius 2 is 1.88 bits per heavy atom. The van der Waals surface area contributed by atoms with Gasteiger partial charge in [0, 0.05) is 0 Å². The average Bonchev–Trinajstić information content (AvgIpc) is 2.19. The number of esters is 1. The van der Waals surface area contributed by atoms with E-state index >= 15 is 0 Å². The maximum Gasteiger partial charge on any atom is 0.320 e. The molecule has 1 aliphatic rings. The third-order valence-corrected chi connectivity index (χ3v) is 3.33. The van der Waals surface area contributed by atoms with Crippen LogP contribution in [0.2, 0.25) is 0 Å². The number of likely N-dealkylation sites (tertiary alicyclic amines) is 1. The number of ether oxygens (including phenoxy) is 1. The van der Waals surface area contributed by atoms with E-state index in [-0.39, 0.29) is 11.4 Å². The fourth-order valence-electron chi connectivity index (χ4n) is 2.01. The summed E-state index contributed by atoms with van der Waals surface area (Å²) in [7, 11) is 0. The predicted octanol–water partition coefficient (Wildman–Crippen LogP) is 1.39. The van der Waals surface area contributed by atoms with Crippen molar-refractivity contribution < 1.29 is 9.53 Å². The second kappa shape index (κ2) is 5.36. The summed E-state index contributed by atoms with van der Waals surface area (Å²) in [6, 6.07) is 0. The topological polar surface area (TPSA) is 55.6 Å². The fourth-order valence-corrected chi connectivity index (χ4v) is 2.01. The van der Waals surface area contributed by atoms with E-state index in [1.165, 1.54) is 0 Å². The molecule has 0 aromatic rings. The molecule has 1 rings (SSSR count). The lowest BCUT2D eigenvalue weighted by atomic mass is 9.80. The molecule has 0 spiro atoms. The van der Waals surface area contributed by atoms with E-state index in [2.05, 4.69) is 11.8 Å².